The van der Waals surface area contributed by atoms with E-state index >= 15 is 0 Å². The van der Waals surface area contributed by atoms with Crippen molar-refractivity contribution in [2.75, 3.05) is 13.1 Å². The van der Waals surface area contributed by atoms with Crippen LogP contribution < -0.4 is 0 Å². The van der Waals surface area contributed by atoms with E-state index in [1.54, 1.807) is 11.8 Å². The summed E-state index contributed by atoms with van der Waals surface area (Å²) in [7, 11) is 0. The first-order valence-corrected chi connectivity index (χ1v) is 4.12. The Morgan fingerprint density at radius 2 is 1.90 bits per heavy atom. The molecule has 0 rings (SSSR count). The van der Waals surface area contributed by atoms with Crippen molar-refractivity contribution in [3.63, 3.8) is 0 Å². The molecule has 0 radical (unpaired) electrons. The van der Waals surface area contributed by atoms with E-state index in [-0.39, 0.29) is 11.2 Å². The lowest BCUT2D eigenvalue weighted by atomic mass is 10.4. The molecule has 0 aliphatic carbocycles. The Kier molecular flexibility index (Phi) is 4.52. The number of amides is 1. The second kappa shape index (κ2) is 4.61. The van der Waals surface area contributed by atoms with Gasteiger partial charge in [0.2, 0.25) is 5.91 Å². The maximum absolute atomic E-state index is 11.2. The van der Waals surface area contributed by atoms with Crippen LogP contribution in [0.3, 0.4) is 0 Å². The highest BCUT2D eigenvalue weighted by Crippen LogP contribution is 1.99. The second-order valence-corrected chi connectivity index (χ2v) is 2.96. The third-order valence-electron chi connectivity index (χ3n) is 1.43. The molecule has 2 nitrogen and oxygen atoms in total. The normalized spacial score (nSPS) is 12.8. The van der Waals surface area contributed by atoms with Crippen LogP contribution in [-0.2, 0) is 4.79 Å². The van der Waals surface area contributed by atoms with E-state index in [1.165, 1.54) is 0 Å². The van der Waals surface area contributed by atoms with Crippen LogP contribution in [0.2, 0.25) is 0 Å². The first-order chi connectivity index (χ1) is 4.63. The van der Waals surface area contributed by atoms with Crippen LogP contribution >= 0.6 is 12.6 Å². The van der Waals surface area contributed by atoms with E-state index in [9.17, 15) is 4.79 Å². The number of carbonyl (C=O) groups excluding carboxylic acids is 1. The van der Waals surface area contributed by atoms with E-state index in [2.05, 4.69) is 12.6 Å². The number of rotatable bonds is 3. The summed E-state index contributed by atoms with van der Waals surface area (Å²) in [6.07, 6.45) is 0. The molecule has 0 aliphatic rings. The number of hydrogen-bond donors (Lipinski definition) is 1. The topological polar surface area (TPSA) is 20.3 Å². The molecular formula is C7H15NOS. The zero-order chi connectivity index (χ0) is 8.15. The third-order valence-corrected chi connectivity index (χ3v) is 1.65. The standard InChI is InChI=1S/C7H15NOS/c1-4-8(5-2)7(9)6(3)10/h6,10H,4-5H2,1-3H3. The summed E-state index contributed by atoms with van der Waals surface area (Å²) in [5.41, 5.74) is 0. The zero-order valence-electron chi connectivity index (χ0n) is 6.79. The van der Waals surface area contributed by atoms with Crippen LogP contribution in [0.25, 0.3) is 0 Å². The molecule has 3 heteroatoms. The Hall–Kier alpha value is -0.180. The summed E-state index contributed by atoms with van der Waals surface area (Å²) in [5, 5.41) is -0.167. The van der Waals surface area contributed by atoms with Gasteiger partial charge in [-0.05, 0) is 20.8 Å². The van der Waals surface area contributed by atoms with E-state index < -0.39 is 0 Å². The van der Waals surface area contributed by atoms with E-state index in [0.29, 0.717) is 0 Å². The van der Waals surface area contributed by atoms with Crippen molar-refractivity contribution in [3.05, 3.63) is 0 Å². The molecule has 0 fully saturated rings. The molecule has 0 heterocycles. The van der Waals surface area contributed by atoms with Gasteiger partial charge >= 0.3 is 0 Å². The third kappa shape index (κ3) is 2.60. The molecule has 1 atom stereocenters. The smallest absolute Gasteiger partial charge is 0.235 e. The van der Waals surface area contributed by atoms with Gasteiger partial charge in [0.1, 0.15) is 0 Å². The predicted octanol–water partition coefficient (Wildman–Crippen LogP) is 1.17. The summed E-state index contributed by atoms with van der Waals surface area (Å²) in [4.78, 5) is 12.9. The predicted molar refractivity (Wildman–Crippen MR) is 46.4 cm³/mol. The van der Waals surface area contributed by atoms with Gasteiger partial charge in [-0.25, -0.2) is 0 Å². The Bertz CT molecular complexity index is 110. The number of hydrogen-bond acceptors (Lipinski definition) is 2. The summed E-state index contributed by atoms with van der Waals surface area (Å²) in [5.74, 6) is 0.119. The monoisotopic (exact) mass is 161 g/mol. The quantitative estimate of drug-likeness (QED) is 0.616. The molecule has 0 aromatic carbocycles. The van der Waals surface area contributed by atoms with E-state index in [0.717, 1.165) is 13.1 Å². The van der Waals surface area contributed by atoms with Gasteiger partial charge in [-0.3, -0.25) is 4.79 Å². The van der Waals surface area contributed by atoms with Crippen LogP contribution in [-0.4, -0.2) is 29.1 Å². The van der Waals surface area contributed by atoms with Crippen molar-refractivity contribution >= 4 is 18.5 Å². The van der Waals surface area contributed by atoms with E-state index in [4.69, 9.17) is 0 Å². The number of thiol groups is 1. The Morgan fingerprint density at radius 3 is 2.00 bits per heavy atom. The fourth-order valence-electron chi connectivity index (χ4n) is 0.800. The highest BCUT2D eigenvalue weighted by Gasteiger charge is 2.13. The Morgan fingerprint density at radius 1 is 1.50 bits per heavy atom. The lowest BCUT2D eigenvalue weighted by Gasteiger charge is -2.19. The Balaban J connectivity index is 3.89. The molecule has 0 spiro atoms. The lowest BCUT2D eigenvalue weighted by molar-refractivity contribution is -0.129. The molecule has 1 amide bonds. The number of nitrogens with zero attached hydrogens (tertiary/aromatic N) is 1. The van der Waals surface area contributed by atoms with Gasteiger partial charge in [0.15, 0.2) is 0 Å². The summed E-state index contributed by atoms with van der Waals surface area (Å²) in [6, 6.07) is 0. The van der Waals surface area contributed by atoms with Gasteiger partial charge in [0, 0.05) is 13.1 Å². The average molecular weight is 161 g/mol. The van der Waals surface area contributed by atoms with Crippen molar-refractivity contribution < 1.29 is 4.79 Å². The molecule has 1 unspecified atom stereocenters. The maximum Gasteiger partial charge on any atom is 0.235 e. The minimum absolute atomic E-state index is 0.119. The molecule has 0 aromatic rings. The summed E-state index contributed by atoms with van der Waals surface area (Å²) in [6.45, 7) is 7.29. The van der Waals surface area contributed by atoms with Crippen LogP contribution in [0.1, 0.15) is 20.8 Å². The van der Waals surface area contributed by atoms with Gasteiger partial charge < -0.3 is 4.90 Å². The fourth-order valence-corrected chi connectivity index (χ4v) is 0.963. The van der Waals surface area contributed by atoms with Crippen LogP contribution in [0.15, 0.2) is 0 Å². The molecule has 0 bridgehead atoms. The van der Waals surface area contributed by atoms with Crippen LogP contribution in [0, 0.1) is 0 Å². The second-order valence-electron chi connectivity index (χ2n) is 2.19. The fraction of sp³-hybridized carbons (Fsp3) is 0.857. The van der Waals surface area contributed by atoms with Crippen LogP contribution in [0.5, 0.6) is 0 Å². The minimum atomic E-state index is -0.167. The molecule has 0 N–H and O–H groups in total. The maximum atomic E-state index is 11.2. The molecule has 60 valence electrons. The van der Waals surface area contributed by atoms with Gasteiger partial charge in [-0.2, -0.15) is 12.6 Å². The summed E-state index contributed by atoms with van der Waals surface area (Å²) >= 11 is 4.05. The largest absolute Gasteiger partial charge is 0.342 e. The molecule has 0 aliphatic heterocycles. The number of carbonyl (C=O) groups is 1. The van der Waals surface area contributed by atoms with Gasteiger partial charge in [-0.15, -0.1) is 0 Å². The summed E-state index contributed by atoms with van der Waals surface area (Å²) < 4.78 is 0. The van der Waals surface area contributed by atoms with Gasteiger partial charge in [0.25, 0.3) is 0 Å². The molecule has 0 saturated carbocycles. The zero-order valence-corrected chi connectivity index (χ0v) is 7.69. The molecular weight excluding hydrogens is 146 g/mol. The highest BCUT2D eigenvalue weighted by atomic mass is 32.1. The van der Waals surface area contributed by atoms with Crippen molar-refractivity contribution in [1.29, 1.82) is 0 Å². The first-order valence-electron chi connectivity index (χ1n) is 3.60. The average Bonchev–Trinajstić information content (AvgIpc) is 1.90. The Labute approximate surface area is 68.0 Å². The minimum Gasteiger partial charge on any atom is -0.342 e. The lowest BCUT2D eigenvalue weighted by Crippen LogP contribution is -2.35. The highest BCUT2D eigenvalue weighted by molar-refractivity contribution is 7.81. The van der Waals surface area contributed by atoms with Crippen LogP contribution in [0.4, 0.5) is 0 Å². The molecule has 0 aromatic heterocycles. The van der Waals surface area contributed by atoms with Gasteiger partial charge in [0.05, 0.1) is 5.25 Å². The first kappa shape index (κ1) is 9.82. The van der Waals surface area contributed by atoms with E-state index in [1.807, 2.05) is 13.8 Å². The van der Waals surface area contributed by atoms with Crippen molar-refractivity contribution in [2.24, 2.45) is 0 Å². The SMILES string of the molecule is CCN(CC)C(=O)C(C)S. The van der Waals surface area contributed by atoms with Gasteiger partial charge in [-0.1, -0.05) is 0 Å². The van der Waals surface area contributed by atoms with Crippen molar-refractivity contribution in [2.45, 2.75) is 26.0 Å². The molecule has 10 heavy (non-hydrogen) atoms. The van der Waals surface area contributed by atoms with Crippen molar-refractivity contribution in [1.82, 2.24) is 4.90 Å². The van der Waals surface area contributed by atoms with Crippen molar-refractivity contribution in [3.8, 4) is 0 Å². The molecule has 0 saturated heterocycles.